The van der Waals surface area contributed by atoms with Gasteiger partial charge in [0, 0.05) is 29.2 Å². The van der Waals surface area contributed by atoms with Crippen molar-refractivity contribution in [2.24, 2.45) is 0 Å². The Morgan fingerprint density at radius 3 is 2.62 bits per heavy atom. The SMILES string of the molecule is CCCN(CCC)Cc1c(O)ccc2c1O/C(=C/c1c[nH]c3ccccc13)C2=O. The van der Waals surface area contributed by atoms with Crippen molar-refractivity contribution in [2.45, 2.75) is 33.2 Å². The van der Waals surface area contributed by atoms with Gasteiger partial charge in [0.05, 0.1) is 11.1 Å². The number of aromatic nitrogens is 1. The molecule has 0 amide bonds. The van der Waals surface area contributed by atoms with Crippen LogP contribution in [0.1, 0.15) is 48.2 Å². The number of Topliss-reactive ketones (excluding diaryl/α,β-unsaturated/α-hetero) is 1. The molecule has 1 aliphatic heterocycles. The molecule has 5 heteroatoms. The van der Waals surface area contributed by atoms with Gasteiger partial charge in [-0.25, -0.2) is 0 Å². The van der Waals surface area contributed by atoms with Crippen LogP contribution in [-0.2, 0) is 6.54 Å². The van der Waals surface area contributed by atoms with Crippen LogP contribution in [0.15, 0.2) is 48.4 Å². The second kappa shape index (κ2) is 8.13. The van der Waals surface area contributed by atoms with Crippen LogP contribution in [0.3, 0.4) is 0 Å². The first-order valence-corrected chi connectivity index (χ1v) is 10.2. The number of ketones is 1. The lowest BCUT2D eigenvalue weighted by atomic mass is 10.0. The maximum atomic E-state index is 13.0. The number of aromatic hydroxyl groups is 1. The van der Waals surface area contributed by atoms with E-state index in [0.717, 1.165) is 42.4 Å². The Morgan fingerprint density at radius 2 is 1.86 bits per heavy atom. The summed E-state index contributed by atoms with van der Waals surface area (Å²) in [7, 11) is 0. The number of hydrogen-bond acceptors (Lipinski definition) is 4. The molecule has 2 N–H and O–H groups in total. The van der Waals surface area contributed by atoms with E-state index in [0.29, 0.717) is 23.4 Å². The molecule has 5 nitrogen and oxygen atoms in total. The number of benzene rings is 2. The number of phenols is 1. The molecule has 3 aromatic rings. The van der Waals surface area contributed by atoms with Crippen LogP contribution in [0.5, 0.6) is 11.5 Å². The molecule has 0 bridgehead atoms. The van der Waals surface area contributed by atoms with Crippen molar-refractivity contribution in [3.05, 3.63) is 65.0 Å². The first-order valence-electron chi connectivity index (χ1n) is 10.2. The minimum atomic E-state index is -0.149. The van der Waals surface area contributed by atoms with Crippen molar-refractivity contribution >= 4 is 22.8 Å². The van der Waals surface area contributed by atoms with Gasteiger partial charge in [-0.05, 0) is 50.2 Å². The fourth-order valence-corrected chi connectivity index (χ4v) is 3.93. The Labute approximate surface area is 170 Å². The average molecular weight is 390 g/mol. The van der Waals surface area contributed by atoms with Crippen molar-refractivity contribution in [1.29, 1.82) is 0 Å². The number of aromatic amines is 1. The Morgan fingerprint density at radius 1 is 1.10 bits per heavy atom. The van der Waals surface area contributed by atoms with Crippen molar-refractivity contribution in [1.82, 2.24) is 9.88 Å². The third-order valence-electron chi connectivity index (χ3n) is 5.29. The summed E-state index contributed by atoms with van der Waals surface area (Å²) in [5.41, 5.74) is 3.11. The van der Waals surface area contributed by atoms with Crippen LogP contribution < -0.4 is 4.74 Å². The first kappa shape index (κ1) is 19.3. The van der Waals surface area contributed by atoms with E-state index in [4.69, 9.17) is 4.74 Å². The highest BCUT2D eigenvalue weighted by molar-refractivity contribution is 6.15. The topological polar surface area (TPSA) is 65.6 Å². The van der Waals surface area contributed by atoms with Crippen molar-refractivity contribution in [3.63, 3.8) is 0 Å². The number of nitrogens with one attached hydrogen (secondary N) is 1. The summed E-state index contributed by atoms with van der Waals surface area (Å²) >= 11 is 0. The number of phenolic OH excluding ortho intramolecular Hbond substituents is 1. The highest BCUT2D eigenvalue weighted by Gasteiger charge is 2.31. The average Bonchev–Trinajstić information content (AvgIpc) is 3.26. The van der Waals surface area contributed by atoms with E-state index < -0.39 is 0 Å². The molecule has 0 atom stereocenters. The lowest BCUT2D eigenvalue weighted by Gasteiger charge is -2.22. The molecular weight excluding hydrogens is 364 g/mol. The zero-order chi connectivity index (χ0) is 20.4. The van der Waals surface area contributed by atoms with Gasteiger partial charge in [-0.2, -0.15) is 0 Å². The molecule has 1 aromatic heterocycles. The second-order valence-corrected chi connectivity index (χ2v) is 7.45. The number of fused-ring (bicyclic) bond motifs is 2. The van der Waals surface area contributed by atoms with Crippen LogP contribution in [0.2, 0.25) is 0 Å². The molecule has 1 aliphatic rings. The first-order chi connectivity index (χ1) is 14.1. The Balaban J connectivity index is 1.69. The summed E-state index contributed by atoms with van der Waals surface area (Å²) in [4.78, 5) is 18.5. The number of para-hydroxylation sites is 1. The molecule has 0 saturated carbocycles. The van der Waals surface area contributed by atoms with Gasteiger partial charge in [0.2, 0.25) is 5.78 Å². The third kappa shape index (κ3) is 3.66. The summed E-state index contributed by atoms with van der Waals surface area (Å²) in [5.74, 6) is 0.790. The normalized spacial score (nSPS) is 14.7. The van der Waals surface area contributed by atoms with Crippen LogP contribution in [0, 0.1) is 0 Å². The van der Waals surface area contributed by atoms with Crippen LogP contribution in [-0.4, -0.2) is 33.9 Å². The van der Waals surface area contributed by atoms with E-state index in [9.17, 15) is 9.90 Å². The molecule has 0 fully saturated rings. The van der Waals surface area contributed by atoms with E-state index >= 15 is 0 Å². The zero-order valence-corrected chi connectivity index (χ0v) is 16.9. The summed E-state index contributed by atoms with van der Waals surface area (Å²) in [5, 5.41) is 11.5. The highest BCUT2D eigenvalue weighted by Crippen LogP contribution is 2.40. The van der Waals surface area contributed by atoms with Crippen molar-refractivity contribution < 1.29 is 14.6 Å². The predicted molar refractivity (Wildman–Crippen MR) is 115 cm³/mol. The molecular formula is C24H26N2O3. The maximum Gasteiger partial charge on any atom is 0.231 e. The van der Waals surface area contributed by atoms with Gasteiger partial charge in [0.15, 0.2) is 5.76 Å². The molecule has 29 heavy (non-hydrogen) atoms. The van der Waals surface area contributed by atoms with E-state index in [1.165, 1.54) is 0 Å². The highest BCUT2D eigenvalue weighted by atomic mass is 16.5. The van der Waals surface area contributed by atoms with Gasteiger partial charge in [0.25, 0.3) is 0 Å². The number of H-pyrrole nitrogens is 1. The summed E-state index contributed by atoms with van der Waals surface area (Å²) in [6.07, 6.45) is 5.71. The minimum Gasteiger partial charge on any atom is -0.507 e. The number of hydrogen-bond donors (Lipinski definition) is 2. The molecule has 150 valence electrons. The summed E-state index contributed by atoms with van der Waals surface area (Å²) < 4.78 is 6.02. The number of ether oxygens (including phenoxy) is 1. The number of rotatable bonds is 7. The molecule has 0 aliphatic carbocycles. The molecule has 0 saturated heterocycles. The Hall–Kier alpha value is -3.05. The predicted octanol–water partition coefficient (Wildman–Crippen LogP) is 5.11. The molecule has 4 rings (SSSR count). The Kier molecular flexibility index (Phi) is 5.41. The van der Waals surface area contributed by atoms with Gasteiger partial charge in [-0.1, -0.05) is 32.0 Å². The van der Waals surface area contributed by atoms with E-state index in [1.807, 2.05) is 30.5 Å². The van der Waals surface area contributed by atoms with Crippen molar-refractivity contribution in [2.75, 3.05) is 13.1 Å². The monoisotopic (exact) mass is 390 g/mol. The van der Waals surface area contributed by atoms with Crippen LogP contribution in [0.25, 0.3) is 17.0 Å². The second-order valence-electron chi connectivity index (χ2n) is 7.45. The molecule has 2 heterocycles. The fraction of sp³-hybridized carbons (Fsp3) is 0.292. The van der Waals surface area contributed by atoms with Gasteiger partial charge in [-0.3, -0.25) is 9.69 Å². The third-order valence-corrected chi connectivity index (χ3v) is 5.29. The van der Waals surface area contributed by atoms with Gasteiger partial charge < -0.3 is 14.8 Å². The maximum absolute atomic E-state index is 13.0. The summed E-state index contributed by atoms with van der Waals surface area (Å²) in [6.45, 7) is 6.70. The Bertz CT molecular complexity index is 1070. The summed E-state index contributed by atoms with van der Waals surface area (Å²) in [6, 6.07) is 11.2. The lowest BCUT2D eigenvalue weighted by Crippen LogP contribution is -2.25. The molecule has 0 unspecified atom stereocenters. The van der Waals surface area contributed by atoms with Gasteiger partial charge in [0.1, 0.15) is 11.5 Å². The van der Waals surface area contributed by atoms with Crippen molar-refractivity contribution in [3.8, 4) is 11.5 Å². The zero-order valence-electron chi connectivity index (χ0n) is 16.9. The number of carbonyl (C=O) groups excluding carboxylic acids is 1. The minimum absolute atomic E-state index is 0.149. The lowest BCUT2D eigenvalue weighted by molar-refractivity contribution is 0.101. The molecule has 2 aromatic carbocycles. The van der Waals surface area contributed by atoms with Crippen LogP contribution in [0.4, 0.5) is 0 Å². The fourth-order valence-electron chi connectivity index (χ4n) is 3.93. The van der Waals surface area contributed by atoms with Crippen LogP contribution >= 0.6 is 0 Å². The molecule has 0 spiro atoms. The van der Waals surface area contributed by atoms with Gasteiger partial charge in [-0.15, -0.1) is 0 Å². The smallest absolute Gasteiger partial charge is 0.231 e. The number of allylic oxidation sites excluding steroid dienone is 1. The quantitative estimate of drug-likeness (QED) is 0.550. The standard InChI is InChI=1S/C24H26N2O3/c1-3-11-26(12-4-2)15-19-21(27)10-9-18-23(28)22(29-24(18)19)13-16-14-25-20-8-6-5-7-17(16)20/h5-10,13-14,25,27H,3-4,11-12,15H2,1-2H3/b22-13+. The van der Waals surface area contributed by atoms with E-state index in [1.54, 1.807) is 18.2 Å². The van der Waals surface area contributed by atoms with E-state index in [2.05, 4.69) is 23.7 Å². The number of carbonyl (C=O) groups is 1. The largest absolute Gasteiger partial charge is 0.507 e. The molecule has 0 radical (unpaired) electrons. The number of nitrogens with zero attached hydrogens (tertiary/aromatic N) is 1. The van der Waals surface area contributed by atoms with E-state index in [-0.39, 0.29) is 17.3 Å². The van der Waals surface area contributed by atoms with Gasteiger partial charge >= 0.3 is 0 Å².